The second-order valence-corrected chi connectivity index (χ2v) is 9.16. The van der Waals surface area contributed by atoms with E-state index < -0.39 is 0 Å². The molecule has 1 aliphatic carbocycles. The van der Waals surface area contributed by atoms with Crippen LogP contribution in [0, 0.1) is 0 Å². The smallest absolute Gasteiger partial charge is 0.205 e. The Hall–Kier alpha value is -3.96. The molecular weight excluding hydrogens is 428 g/mol. The fourth-order valence-corrected chi connectivity index (χ4v) is 5.56. The predicted molar refractivity (Wildman–Crippen MR) is 134 cm³/mol. The first-order valence-electron chi connectivity index (χ1n) is 10.7. The fraction of sp³-hybridized carbons (Fsp3) is 0.0714. The second kappa shape index (κ2) is 7.57. The lowest BCUT2D eigenvalue weighted by atomic mass is 10.0. The van der Waals surface area contributed by atoms with Crippen molar-refractivity contribution in [3.63, 3.8) is 0 Å². The molecule has 2 aromatic heterocycles. The number of rotatable bonds is 4. The number of ketones is 1. The van der Waals surface area contributed by atoms with Crippen molar-refractivity contribution in [2.75, 3.05) is 12.8 Å². The normalized spacial score (nSPS) is 11.9. The van der Waals surface area contributed by atoms with E-state index in [-0.39, 0.29) is 5.78 Å². The molecule has 33 heavy (non-hydrogen) atoms. The van der Waals surface area contributed by atoms with E-state index in [1.54, 1.807) is 7.11 Å². The van der Waals surface area contributed by atoms with Crippen LogP contribution in [0.5, 0.6) is 5.75 Å². The lowest BCUT2D eigenvalue weighted by molar-refractivity contribution is 0.104. The molecule has 2 heterocycles. The molecule has 3 aromatic carbocycles. The molecule has 0 radical (unpaired) electrons. The third kappa shape index (κ3) is 3.20. The largest absolute Gasteiger partial charge is 0.497 e. The number of methoxy groups -OCH3 is 1. The molecule has 0 saturated heterocycles. The molecule has 4 nitrogen and oxygen atoms in total. The summed E-state index contributed by atoms with van der Waals surface area (Å²) in [5, 5.41) is 0.814. The summed E-state index contributed by atoms with van der Waals surface area (Å²) >= 11 is 1.35. The van der Waals surface area contributed by atoms with E-state index in [0.29, 0.717) is 16.1 Å². The van der Waals surface area contributed by atoms with Gasteiger partial charge in [-0.15, -0.1) is 11.3 Å². The maximum Gasteiger partial charge on any atom is 0.205 e. The summed E-state index contributed by atoms with van der Waals surface area (Å²) in [6.07, 6.45) is 0.849. The Balaban J connectivity index is 1.36. The Bertz CT molecular complexity index is 1550. The Morgan fingerprint density at radius 2 is 1.73 bits per heavy atom. The van der Waals surface area contributed by atoms with Crippen LogP contribution in [0.15, 0.2) is 78.9 Å². The second-order valence-electron chi connectivity index (χ2n) is 8.16. The molecule has 2 N–H and O–H groups in total. The monoisotopic (exact) mass is 448 g/mol. The van der Waals surface area contributed by atoms with Crippen molar-refractivity contribution >= 4 is 33.0 Å². The molecule has 0 bridgehead atoms. The molecule has 0 unspecified atom stereocenters. The number of hydrogen-bond acceptors (Lipinski definition) is 5. The van der Waals surface area contributed by atoms with Crippen molar-refractivity contribution in [1.82, 2.24) is 4.98 Å². The average molecular weight is 449 g/mol. The van der Waals surface area contributed by atoms with Crippen LogP contribution in [-0.2, 0) is 6.42 Å². The first-order valence-corrected chi connectivity index (χ1v) is 11.5. The SMILES string of the molecule is COc1ccc(-c2ccc3c(N)c(C(=O)c4ccc5c(c4)Cc4ccccc4-5)sc3n2)cc1. The minimum absolute atomic E-state index is 0.0553. The number of thiophene rings is 1. The van der Waals surface area contributed by atoms with Crippen molar-refractivity contribution in [1.29, 1.82) is 0 Å². The van der Waals surface area contributed by atoms with Gasteiger partial charge in [0, 0.05) is 16.5 Å². The maximum absolute atomic E-state index is 13.4. The number of ether oxygens (including phenoxy) is 1. The first kappa shape index (κ1) is 19.7. The highest BCUT2D eigenvalue weighted by atomic mass is 32.1. The van der Waals surface area contributed by atoms with E-state index in [4.69, 9.17) is 15.5 Å². The minimum atomic E-state index is -0.0553. The Labute approximate surface area is 195 Å². The maximum atomic E-state index is 13.4. The fourth-order valence-electron chi connectivity index (χ4n) is 4.51. The number of nitrogens with two attached hydrogens (primary N) is 1. The molecule has 0 amide bonds. The molecule has 0 aliphatic heterocycles. The van der Waals surface area contributed by atoms with Crippen molar-refractivity contribution in [3.05, 3.63) is 100 Å². The van der Waals surface area contributed by atoms with Crippen LogP contribution < -0.4 is 10.5 Å². The molecule has 0 saturated carbocycles. The highest BCUT2D eigenvalue weighted by Crippen LogP contribution is 2.39. The molecular formula is C28H20N2O2S. The third-order valence-electron chi connectivity index (χ3n) is 6.24. The molecule has 1 aliphatic rings. The summed E-state index contributed by atoms with van der Waals surface area (Å²) in [5.74, 6) is 0.741. The van der Waals surface area contributed by atoms with Gasteiger partial charge in [-0.1, -0.05) is 36.4 Å². The van der Waals surface area contributed by atoms with E-state index in [9.17, 15) is 4.79 Å². The lowest BCUT2D eigenvalue weighted by Gasteiger charge is -2.04. The number of nitrogens with zero attached hydrogens (tertiary/aromatic N) is 1. The number of aromatic nitrogens is 1. The molecule has 0 fully saturated rings. The van der Waals surface area contributed by atoms with Gasteiger partial charge < -0.3 is 10.5 Å². The Kier molecular flexibility index (Phi) is 4.52. The van der Waals surface area contributed by atoms with Gasteiger partial charge in [-0.3, -0.25) is 4.79 Å². The third-order valence-corrected chi connectivity index (χ3v) is 7.36. The molecule has 5 heteroatoms. The lowest BCUT2D eigenvalue weighted by Crippen LogP contribution is -2.02. The molecule has 0 spiro atoms. The minimum Gasteiger partial charge on any atom is -0.497 e. The van der Waals surface area contributed by atoms with E-state index >= 15 is 0 Å². The number of anilines is 1. The van der Waals surface area contributed by atoms with Crippen molar-refractivity contribution in [2.24, 2.45) is 0 Å². The number of fused-ring (bicyclic) bond motifs is 4. The summed E-state index contributed by atoms with van der Waals surface area (Å²) in [4.78, 5) is 19.5. The standard InChI is InChI=1S/C28H20N2O2S/c1-32-20-9-6-16(7-10-20)24-13-12-23-25(29)27(33-28(23)30-24)26(31)18-8-11-22-19(15-18)14-17-4-2-3-5-21(17)22/h2-13,15H,14,29H2,1H3. The predicted octanol–water partition coefficient (Wildman–Crippen LogP) is 6.36. The highest BCUT2D eigenvalue weighted by molar-refractivity contribution is 7.21. The van der Waals surface area contributed by atoms with Crippen LogP contribution in [0.2, 0.25) is 0 Å². The number of carbonyl (C=O) groups is 1. The van der Waals surface area contributed by atoms with Gasteiger partial charge in [0.2, 0.25) is 5.78 Å². The van der Waals surface area contributed by atoms with Gasteiger partial charge in [0.05, 0.1) is 18.5 Å². The number of pyridine rings is 1. The average Bonchev–Trinajstić information content (AvgIpc) is 3.40. The summed E-state index contributed by atoms with van der Waals surface area (Å²) in [6.45, 7) is 0. The van der Waals surface area contributed by atoms with Gasteiger partial charge >= 0.3 is 0 Å². The van der Waals surface area contributed by atoms with Crippen LogP contribution in [0.1, 0.15) is 26.4 Å². The molecule has 6 rings (SSSR count). The van der Waals surface area contributed by atoms with E-state index in [0.717, 1.165) is 33.6 Å². The van der Waals surface area contributed by atoms with Crippen molar-refractivity contribution < 1.29 is 9.53 Å². The van der Waals surface area contributed by atoms with Gasteiger partial charge in [-0.05, 0) is 71.1 Å². The highest BCUT2D eigenvalue weighted by Gasteiger charge is 2.23. The van der Waals surface area contributed by atoms with Gasteiger partial charge in [0.25, 0.3) is 0 Å². The molecule has 160 valence electrons. The summed E-state index contributed by atoms with van der Waals surface area (Å²) < 4.78 is 5.24. The van der Waals surface area contributed by atoms with Crippen LogP contribution >= 0.6 is 11.3 Å². The van der Waals surface area contributed by atoms with Crippen molar-refractivity contribution in [3.8, 4) is 28.1 Å². The van der Waals surface area contributed by atoms with E-state index in [2.05, 4.69) is 30.3 Å². The molecule has 0 atom stereocenters. The van der Waals surface area contributed by atoms with Crippen LogP contribution in [0.4, 0.5) is 5.69 Å². The number of nitrogen functional groups attached to an aromatic ring is 1. The number of benzene rings is 3. The first-order chi connectivity index (χ1) is 16.1. The number of carbonyl (C=O) groups excluding carboxylic acids is 1. The zero-order valence-electron chi connectivity index (χ0n) is 18.0. The summed E-state index contributed by atoms with van der Waals surface area (Å²) in [5.41, 5.74) is 14.3. The van der Waals surface area contributed by atoms with Gasteiger partial charge in [-0.2, -0.15) is 0 Å². The van der Waals surface area contributed by atoms with Crippen molar-refractivity contribution in [2.45, 2.75) is 6.42 Å². The van der Waals surface area contributed by atoms with Crippen LogP contribution in [0.25, 0.3) is 32.6 Å². The van der Waals surface area contributed by atoms with E-state index in [1.807, 2.05) is 48.5 Å². The van der Waals surface area contributed by atoms with Crippen LogP contribution in [-0.4, -0.2) is 17.9 Å². The van der Waals surface area contributed by atoms with E-state index in [1.165, 1.54) is 33.6 Å². The van der Waals surface area contributed by atoms with Crippen LogP contribution in [0.3, 0.4) is 0 Å². The Morgan fingerprint density at radius 1 is 0.939 bits per heavy atom. The van der Waals surface area contributed by atoms with Gasteiger partial charge in [0.15, 0.2) is 0 Å². The topological polar surface area (TPSA) is 65.2 Å². The Morgan fingerprint density at radius 3 is 2.55 bits per heavy atom. The molecule has 5 aromatic rings. The summed E-state index contributed by atoms with van der Waals surface area (Å²) in [7, 11) is 1.64. The van der Waals surface area contributed by atoms with Gasteiger partial charge in [0.1, 0.15) is 15.5 Å². The zero-order valence-corrected chi connectivity index (χ0v) is 18.8. The quantitative estimate of drug-likeness (QED) is 0.319. The number of hydrogen-bond donors (Lipinski definition) is 1. The summed E-state index contributed by atoms with van der Waals surface area (Å²) in [6, 6.07) is 26.0. The van der Waals surface area contributed by atoms with Gasteiger partial charge in [-0.25, -0.2) is 4.98 Å². The zero-order chi connectivity index (χ0) is 22.5.